The Kier molecular flexibility index (Phi) is 3.69. The molecule has 0 aliphatic rings. The summed E-state index contributed by atoms with van der Waals surface area (Å²) >= 11 is 0. The molecule has 1 N–H and O–H groups in total. The Labute approximate surface area is 84.6 Å². The van der Waals surface area contributed by atoms with Gasteiger partial charge in [0.15, 0.2) is 0 Å². The molecule has 0 aliphatic heterocycles. The number of aliphatic carboxylic acids is 1. The monoisotopic (exact) mass is 192 g/mol. The van der Waals surface area contributed by atoms with Crippen molar-refractivity contribution >= 4 is 5.97 Å². The van der Waals surface area contributed by atoms with Crippen LogP contribution in [0.1, 0.15) is 24.5 Å². The van der Waals surface area contributed by atoms with Crippen LogP contribution in [0.4, 0.5) is 0 Å². The molecule has 76 valence electrons. The topological polar surface area (TPSA) is 37.3 Å². The third-order valence-corrected chi connectivity index (χ3v) is 2.44. The van der Waals surface area contributed by atoms with Crippen LogP contribution >= 0.6 is 0 Å². The van der Waals surface area contributed by atoms with Crippen molar-refractivity contribution in [1.82, 2.24) is 0 Å². The maximum atomic E-state index is 10.8. The Balaban J connectivity index is 2.67. The third kappa shape index (κ3) is 2.87. The molecule has 0 spiro atoms. The first-order valence-corrected chi connectivity index (χ1v) is 4.91. The van der Waals surface area contributed by atoms with Gasteiger partial charge in [-0.1, -0.05) is 36.8 Å². The second-order valence-electron chi connectivity index (χ2n) is 3.63. The minimum absolute atomic E-state index is 0.252. The Morgan fingerprint density at radius 3 is 2.36 bits per heavy atom. The van der Waals surface area contributed by atoms with Gasteiger partial charge in [0.25, 0.3) is 0 Å². The van der Waals surface area contributed by atoms with E-state index in [4.69, 9.17) is 5.11 Å². The summed E-state index contributed by atoms with van der Waals surface area (Å²) in [6.07, 6.45) is 1.31. The van der Waals surface area contributed by atoms with Crippen LogP contribution in [-0.4, -0.2) is 11.1 Å². The number of benzene rings is 1. The van der Waals surface area contributed by atoms with Gasteiger partial charge in [-0.25, -0.2) is 0 Å². The molecule has 0 fully saturated rings. The normalized spacial score (nSPS) is 12.4. The molecule has 2 nitrogen and oxygen atoms in total. The summed E-state index contributed by atoms with van der Waals surface area (Å²) in [5, 5.41) is 8.89. The number of carboxylic acid groups (broad SMARTS) is 1. The van der Waals surface area contributed by atoms with Crippen LogP contribution in [0.15, 0.2) is 24.3 Å². The van der Waals surface area contributed by atoms with Crippen molar-refractivity contribution in [3.05, 3.63) is 35.4 Å². The van der Waals surface area contributed by atoms with Crippen LogP contribution in [0.5, 0.6) is 0 Å². The van der Waals surface area contributed by atoms with E-state index in [0.29, 0.717) is 12.8 Å². The first-order chi connectivity index (χ1) is 6.63. The molecule has 0 saturated carbocycles. The number of carbonyl (C=O) groups is 1. The summed E-state index contributed by atoms with van der Waals surface area (Å²) in [4.78, 5) is 10.8. The van der Waals surface area contributed by atoms with Gasteiger partial charge in [-0.3, -0.25) is 4.79 Å². The lowest BCUT2D eigenvalue weighted by molar-refractivity contribution is -0.141. The van der Waals surface area contributed by atoms with Crippen LogP contribution in [0, 0.1) is 12.8 Å². The van der Waals surface area contributed by atoms with Gasteiger partial charge >= 0.3 is 5.97 Å². The molecule has 0 aromatic heterocycles. The lowest BCUT2D eigenvalue weighted by atomic mass is 9.97. The largest absolute Gasteiger partial charge is 0.481 e. The van der Waals surface area contributed by atoms with E-state index in [2.05, 4.69) is 0 Å². The number of hydrogen-bond donors (Lipinski definition) is 1. The van der Waals surface area contributed by atoms with Gasteiger partial charge in [-0.15, -0.1) is 0 Å². The van der Waals surface area contributed by atoms with Gasteiger partial charge in [-0.05, 0) is 25.3 Å². The summed E-state index contributed by atoms with van der Waals surface area (Å²) in [5.41, 5.74) is 2.31. The predicted molar refractivity (Wildman–Crippen MR) is 56.3 cm³/mol. The fourth-order valence-electron chi connectivity index (χ4n) is 1.41. The molecule has 1 aromatic carbocycles. The molecule has 14 heavy (non-hydrogen) atoms. The highest BCUT2D eigenvalue weighted by Gasteiger charge is 2.14. The van der Waals surface area contributed by atoms with E-state index < -0.39 is 5.97 Å². The summed E-state index contributed by atoms with van der Waals surface area (Å²) in [5.74, 6) is -0.953. The second-order valence-corrected chi connectivity index (χ2v) is 3.63. The number of rotatable bonds is 4. The van der Waals surface area contributed by atoms with E-state index in [-0.39, 0.29) is 5.92 Å². The first kappa shape index (κ1) is 10.8. The van der Waals surface area contributed by atoms with Crippen molar-refractivity contribution in [1.29, 1.82) is 0 Å². The van der Waals surface area contributed by atoms with Crippen molar-refractivity contribution < 1.29 is 9.90 Å². The van der Waals surface area contributed by atoms with Crippen LogP contribution < -0.4 is 0 Å². The predicted octanol–water partition coefficient (Wildman–Crippen LogP) is 2.65. The lowest BCUT2D eigenvalue weighted by Crippen LogP contribution is -2.15. The minimum Gasteiger partial charge on any atom is -0.481 e. The van der Waals surface area contributed by atoms with Crippen LogP contribution in [0.3, 0.4) is 0 Å². The van der Waals surface area contributed by atoms with Gasteiger partial charge < -0.3 is 5.11 Å². The first-order valence-electron chi connectivity index (χ1n) is 4.91. The van der Waals surface area contributed by atoms with Gasteiger partial charge in [0.1, 0.15) is 0 Å². The van der Waals surface area contributed by atoms with Crippen molar-refractivity contribution in [3.8, 4) is 0 Å². The highest BCUT2D eigenvalue weighted by molar-refractivity contribution is 5.70. The van der Waals surface area contributed by atoms with Gasteiger partial charge in [0, 0.05) is 0 Å². The fourth-order valence-corrected chi connectivity index (χ4v) is 1.41. The highest BCUT2D eigenvalue weighted by atomic mass is 16.4. The zero-order chi connectivity index (χ0) is 10.6. The molecule has 0 heterocycles. The molecule has 0 aliphatic carbocycles. The maximum Gasteiger partial charge on any atom is 0.306 e. The lowest BCUT2D eigenvalue weighted by Gasteiger charge is -2.09. The summed E-state index contributed by atoms with van der Waals surface area (Å²) in [6, 6.07) is 8.04. The van der Waals surface area contributed by atoms with E-state index in [9.17, 15) is 4.79 Å². The fraction of sp³-hybridized carbons (Fsp3) is 0.417. The molecule has 1 aromatic rings. The quantitative estimate of drug-likeness (QED) is 0.796. The van der Waals surface area contributed by atoms with Gasteiger partial charge in [-0.2, -0.15) is 0 Å². The standard InChI is InChI=1S/C12H16O2/c1-3-11(12(13)14)8-10-6-4-9(2)5-7-10/h4-7,11H,3,8H2,1-2H3,(H,13,14)/t11-/m1/s1. The smallest absolute Gasteiger partial charge is 0.306 e. The molecule has 0 amide bonds. The molecule has 2 heteroatoms. The minimum atomic E-state index is -0.701. The SMILES string of the molecule is CC[C@H](Cc1ccc(C)cc1)C(=O)O. The van der Waals surface area contributed by atoms with E-state index in [1.54, 1.807) is 0 Å². The number of aryl methyl sites for hydroxylation is 1. The van der Waals surface area contributed by atoms with Crippen molar-refractivity contribution in [2.45, 2.75) is 26.7 Å². The third-order valence-electron chi connectivity index (χ3n) is 2.44. The van der Waals surface area contributed by atoms with Crippen LogP contribution in [-0.2, 0) is 11.2 Å². The molecule has 0 radical (unpaired) electrons. The maximum absolute atomic E-state index is 10.8. The van der Waals surface area contributed by atoms with Gasteiger partial charge in [0.2, 0.25) is 0 Å². The molecule has 1 rings (SSSR count). The molecular weight excluding hydrogens is 176 g/mol. The van der Waals surface area contributed by atoms with Crippen molar-refractivity contribution in [2.24, 2.45) is 5.92 Å². The molecule has 0 unspecified atom stereocenters. The summed E-state index contributed by atoms with van der Waals surface area (Å²) in [7, 11) is 0. The van der Waals surface area contributed by atoms with Crippen molar-refractivity contribution in [2.75, 3.05) is 0 Å². The highest BCUT2D eigenvalue weighted by Crippen LogP contribution is 2.13. The van der Waals surface area contributed by atoms with E-state index in [1.165, 1.54) is 5.56 Å². The number of carboxylic acids is 1. The second kappa shape index (κ2) is 4.80. The zero-order valence-electron chi connectivity index (χ0n) is 8.66. The molecule has 0 bridgehead atoms. The van der Waals surface area contributed by atoms with Crippen molar-refractivity contribution in [3.63, 3.8) is 0 Å². The molecular formula is C12H16O2. The van der Waals surface area contributed by atoms with E-state index >= 15 is 0 Å². The van der Waals surface area contributed by atoms with E-state index in [0.717, 1.165) is 5.56 Å². The van der Waals surface area contributed by atoms with E-state index in [1.807, 2.05) is 38.1 Å². The summed E-state index contributed by atoms with van der Waals surface area (Å²) in [6.45, 7) is 3.94. The van der Waals surface area contributed by atoms with Gasteiger partial charge in [0.05, 0.1) is 5.92 Å². The van der Waals surface area contributed by atoms with Crippen LogP contribution in [0.25, 0.3) is 0 Å². The zero-order valence-corrected chi connectivity index (χ0v) is 8.66. The number of hydrogen-bond acceptors (Lipinski definition) is 1. The average Bonchev–Trinajstić information content (AvgIpc) is 2.16. The summed E-state index contributed by atoms with van der Waals surface area (Å²) < 4.78 is 0. The molecule has 1 atom stereocenters. The Morgan fingerprint density at radius 2 is 1.93 bits per heavy atom. The Hall–Kier alpha value is -1.31. The van der Waals surface area contributed by atoms with Crippen LogP contribution in [0.2, 0.25) is 0 Å². The Morgan fingerprint density at radius 1 is 1.36 bits per heavy atom. The Bertz CT molecular complexity index is 301. The average molecular weight is 192 g/mol. The molecule has 0 saturated heterocycles.